The van der Waals surface area contributed by atoms with Crippen molar-refractivity contribution in [1.29, 1.82) is 0 Å². The first-order valence-corrected chi connectivity index (χ1v) is 11.7. The fourth-order valence-corrected chi connectivity index (χ4v) is 4.55. The molecule has 3 rings (SSSR count). The Hall–Kier alpha value is -1.60. The van der Waals surface area contributed by atoms with E-state index in [-0.39, 0.29) is 0 Å². The van der Waals surface area contributed by atoms with Crippen LogP contribution in [-0.4, -0.2) is 6.04 Å². The average Bonchev–Trinajstić information content (AvgIpc) is 2.76. The van der Waals surface area contributed by atoms with E-state index < -0.39 is 0 Å². The van der Waals surface area contributed by atoms with E-state index in [0.29, 0.717) is 6.04 Å². The highest BCUT2D eigenvalue weighted by molar-refractivity contribution is 5.26. The topological polar surface area (TPSA) is 12.0 Å². The molecule has 2 aromatic carbocycles. The van der Waals surface area contributed by atoms with Crippen molar-refractivity contribution in [2.24, 2.45) is 0 Å². The molecule has 0 aromatic heterocycles. The van der Waals surface area contributed by atoms with Crippen LogP contribution in [0.2, 0.25) is 0 Å². The smallest absolute Gasteiger partial charge is 0.0208 e. The summed E-state index contributed by atoms with van der Waals surface area (Å²) in [5.41, 5.74) is 4.48. The van der Waals surface area contributed by atoms with Gasteiger partial charge in [0.05, 0.1) is 0 Å². The maximum Gasteiger partial charge on any atom is 0.0208 e. The van der Waals surface area contributed by atoms with Gasteiger partial charge in [0.15, 0.2) is 0 Å². The molecule has 1 N–H and O–H groups in total. The molecule has 0 atom stereocenters. The van der Waals surface area contributed by atoms with Gasteiger partial charge in [0.2, 0.25) is 0 Å². The molecule has 0 amide bonds. The Morgan fingerprint density at radius 3 is 2.11 bits per heavy atom. The largest absolute Gasteiger partial charge is 0.310 e. The third kappa shape index (κ3) is 7.09. The van der Waals surface area contributed by atoms with Gasteiger partial charge in [-0.15, -0.1) is 0 Å². The molecule has 1 aliphatic rings. The Kier molecular flexibility index (Phi) is 9.10. The molecule has 152 valence electrons. The molecule has 0 spiro atoms. The summed E-state index contributed by atoms with van der Waals surface area (Å²) >= 11 is 0. The van der Waals surface area contributed by atoms with Crippen LogP contribution in [0.4, 0.5) is 0 Å². The molecule has 1 saturated carbocycles. The molecule has 0 saturated heterocycles. The molecule has 1 fully saturated rings. The second-order valence-corrected chi connectivity index (χ2v) is 8.67. The van der Waals surface area contributed by atoms with Crippen molar-refractivity contribution in [3.63, 3.8) is 0 Å². The van der Waals surface area contributed by atoms with Gasteiger partial charge in [0, 0.05) is 12.6 Å². The molecule has 1 heteroatoms. The van der Waals surface area contributed by atoms with Crippen molar-refractivity contribution >= 4 is 0 Å². The normalized spacial score (nSPS) is 19.6. The van der Waals surface area contributed by atoms with Crippen molar-refractivity contribution in [3.05, 3.63) is 71.3 Å². The van der Waals surface area contributed by atoms with E-state index in [2.05, 4.69) is 66.8 Å². The molecule has 28 heavy (non-hydrogen) atoms. The summed E-state index contributed by atoms with van der Waals surface area (Å²) in [5.74, 6) is 0.762. The highest BCUT2D eigenvalue weighted by Gasteiger charge is 2.21. The van der Waals surface area contributed by atoms with Gasteiger partial charge in [-0.2, -0.15) is 0 Å². The predicted octanol–water partition coefficient (Wildman–Crippen LogP) is 7.41. The zero-order valence-corrected chi connectivity index (χ0v) is 17.8. The first-order valence-electron chi connectivity index (χ1n) is 11.7. The molecule has 0 unspecified atom stereocenters. The van der Waals surface area contributed by atoms with Crippen LogP contribution < -0.4 is 5.32 Å². The van der Waals surface area contributed by atoms with Gasteiger partial charge < -0.3 is 5.32 Å². The van der Waals surface area contributed by atoms with E-state index in [1.165, 1.54) is 81.8 Å². The zero-order valence-electron chi connectivity index (χ0n) is 17.8. The second kappa shape index (κ2) is 12.1. The molecule has 0 radical (unpaired) electrons. The first-order chi connectivity index (χ1) is 13.8. The Labute approximate surface area is 173 Å². The van der Waals surface area contributed by atoms with Crippen LogP contribution in [-0.2, 0) is 13.0 Å². The van der Waals surface area contributed by atoms with Crippen LogP contribution >= 0.6 is 0 Å². The number of nitrogens with one attached hydrogen (secondary N) is 1. The number of rotatable bonds is 11. The summed E-state index contributed by atoms with van der Waals surface area (Å²) < 4.78 is 0. The van der Waals surface area contributed by atoms with E-state index in [4.69, 9.17) is 0 Å². The van der Waals surface area contributed by atoms with Gasteiger partial charge in [0.25, 0.3) is 0 Å². The lowest BCUT2D eigenvalue weighted by Gasteiger charge is -2.29. The predicted molar refractivity (Wildman–Crippen MR) is 122 cm³/mol. The number of hydrogen-bond acceptors (Lipinski definition) is 1. The summed E-state index contributed by atoms with van der Waals surface area (Å²) in [4.78, 5) is 0. The number of benzene rings is 2. The van der Waals surface area contributed by atoms with E-state index in [9.17, 15) is 0 Å². The van der Waals surface area contributed by atoms with Crippen molar-refractivity contribution in [1.82, 2.24) is 5.32 Å². The fourth-order valence-electron chi connectivity index (χ4n) is 4.55. The van der Waals surface area contributed by atoms with Crippen molar-refractivity contribution < 1.29 is 0 Å². The summed E-state index contributed by atoms with van der Waals surface area (Å²) in [7, 11) is 0. The quantitative estimate of drug-likeness (QED) is 0.402. The van der Waals surface area contributed by atoms with Crippen LogP contribution in [0.25, 0.3) is 0 Å². The van der Waals surface area contributed by atoms with Crippen molar-refractivity contribution in [2.75, 3.05) is 0 Å². The summed E-state index contributed by atoms with van der Waals surface area (Å²) in [6, 6.07) is 21.1. The Bertz CT molecular complexity index is 638. The minimum Gasteiger partial charge on any atom is -0.310 e. The molecular weight excluding hydrogens is 338 g/mol. The van der Waals surface area contributed by atoms with Crippen LogP contribution in [0, 0.1) is 0 Å². The third-order valence-electron chi connectivity index (χ3n) is 6.43. The lowest BCUT2D eigenvalue weighted by Crippen LogP contribution is -2.32. The third-order valence-corrected chi connectivity index (χ3v) is 6.43. The van der Waals surface area contributed by atoms with Crippen LogP contribution in [0.15, 0.2) is 54.6 Å². The van der Waals surface area contributed by atoms with Gasteiger partial charge >= 0.3 is 0 Å². The lowest BCUT2D eigenvalue weighted by molar-refractivity contribution is 0.341. The summed E-state index contributed by atoms with van der Waals surface area (Å²) in [6.07, 6.45) is 14.8. The second-order valence-electron chi connectivity index (χ2n) is 8.67. The monoisotopic (exact) mass is 377 g/mol. The highest BCUT2D eigenvalue weighted by Crippen LogP contribution is 2.33. The maximum atomic E-state index is 3.76. The van der Waals surface area contributed by atoms with Crippen LogP contribution in [0.3, 0.4) is 0 Å². The standard InChI is InChI=1S/C27H39N/c1-2-3-4-5-6-8-11-23-14-16-25(17-15-23)26-18-20-27(21-19-26)28-22-24-12-9-7-10-13-24/h7,9-10,12-17,26-28H,2-6,8,11,18-22H2,1H3. The molecule has 0 aliphatic heterocycles. The van der Waals surface area contributed by atoms with E-state index >= 15 is 0 Å². The Morgan fingerprint density at radius 1 is 0.714 bits per heavy atom. The molecule has 0 heterocycles. The van der Waals surface area contributed by atoms with Crippen molar-refractivity contribution in [2.45, 2.75) is 96.1 Å². The summed E-state index contributed by atoms with van der Waals surface area (Å²) in [6.45, 7) is 3.29. The van der Waals surface area contributed by atoms with Gasteiger partial charge in [-0.3, -0.25) is 0 Å². The number of hydrogen-bond donors (Lipinski definition) is 1. The van der Waals surface area contributed by atoms with Gasteiger partial charge in [-0.1, -0.05) is 93.6 Å². The van der Waals surface area contributed by atoms with E-state index in [1.54, 1.807) is 5.56 Å². The van der Waals surface area contributed by atoms with Gasteiger partial charge in [-0.25, -0.2) is 0 Å². The first kappa shape index (κ1) is 21.1. The van der Waals surface area contributed by atoms with E-state index in [1.807, 2.05) is 0 Å². The highest BCUT2D eigenvalue weighted by atomic mass is 14.9. The van der Waals surface area contributed by atoms with E-state index in [0.717, 1.165) is 12.5 Å². The molecule has 2 aromatic rings. The van der Waals surface area contributed by atoms with Gasteiger partial charge in [-0.05, 0) is 61.1 Å². The van der Waals surface area contributed by atoms with Crippen LogP contribution in [0.1, 0.15) is 93.7 Å². The SMILES string of the molecule is CCCCCCCCc1ccc(C2CCC(NCc3ccccc3)CC2)cc1. The maximum absolute atomic E-state index is 3.76. The van der Waals surface area contributed by atoms with Gasteiger partial charge in [0.1, 0.15) is 0 Å². The molecule has 1 nitrogen and oxygen atoms in total. The summed E-state index contributed by atoms with van der Waals surface area (Å²) in [5, 5.41) is 3.76. The molecule has 1 aliphatic carbocycles. The number of unbranched alkanes of at least 4 members (excludes halogenated alkanes) is 5. The minimum absolute atomic E-state index is 0.684. The zero-order chi connectivity index (χ0) is 19.4. The lowest BCUT2D eigenvalue weighted by atomic mass is 9.81. The Morgan fingerprint density at radius 2 is 1.39 bits per heavy atom. The molecule has 0 bridgehead atoms. The Balaban J connectivity index is 1.35. The fraction of sp³-hybridized carbons (Fsp3) is 0.556. The molecular formula is C27H39N. The number of aryl methyl sites for hydroxylation is 1. The average molecular weight is 378 g/mol. The minimum atomic E-state index is 0.684. The van der Waals surface area contributed by atoms with Crippen LogP contribution in [0.5, 0.6) is 0 Å². The van der Waals surface area contributed by atoms with Crippen molar-refractivity contribution in [3.8, 4) is 0 Å².